The van der Waals surface area contributed by atoms with Crippen LogP contribution >= 0.6 is 27.5 Å². The zero-order chi connectivity index (χ0) is 13.0. The number of pyridine rings is 2. The second kappa shape index (κ2) is 5.93. The van der Waals surface area contributed by atoms with Gasteiger partial charge in [-0.2, -0.15) is 0 Å². The van der Waals surface area contributed by atoms with Crippen LogP contribution in [0, 0.1) is 0 Å². The molecule has 0 fully saturated rings. The molecule has 0 aliphatic heterocycles. The van der Waals surface area contributed by atoms with E-state index < -0.39 is 0 Å². The fourth-order valence-corrected chi connectivity index (χ4v) is 1.78. The number of halogens is 2. The van der Waals surface area contributed by atoms with Gasteiger partial charge in [0.15, 0.2) is 0 Å². The summed E-state index contributed by atoms with van der Waals surface area (Å²) >= 11 is 9.09. The van der Waals surface area contributed by atoms with Crippen molar-refractivity contribution < 1.29 is 4.79 Å². The average Bonchev–Trinajstić information content (AvgIpc) is 2.35. The minimum atomic E-state index is -0.136. The van der Waals surface area contributed by atoms with E-state index in [0.717, 1.165) is 5.56 Å². The number of nitrogens with zero attached hydrogens (tertiary/aromatic N) is 2. The van der Waals surface area contributed by atoms with Crippen LogP contribution in [-0.2, 0) is 11.2 Å². The maximum absolute atomic E-state index is 11.8. The Labute approximate surface area is 118 Å². The molecule has 6 heteroatoms. The quantitative estimate of drug-likeness (QED) is 0.943. The summed E-state index contributed by atoms with van der Waals surface area (Å²) in [6.07, 6.45) is 5.07. The Morgan fingerprint density at radius 2 is 2.11 bits per heavy atom. The van der Waals surface area contributed by atoms with Crippen molar-refractivity contribution in [2.45, 2.75) is 6.42 Å². The number of carbonyl (C=O) groups excluding carboxylic acids is 1. The lowest BCUT2D eigenvalue weighted by Gasteiger charge is -2.05. The van der Waals surface area contributed by atoms with E-state index in [1.807, 2.05) is 0 Å². The zero-order valence-corrected chi connectivity index (χ0v) is 11.6. The summed E-state index contributed by atoms with van der Waals surface area (Å²) in [6.45, 7) is 0. The molecule has 92 valence electrons. The van der Waals surface area contributed by atoms with E-state index in [1.54, 1.807) is 30.6 Å². The predicted molar refractivity (Wildman–Crippen MR) is 73.5 cm³/mol. The van der Waals surface area contributed by atoms with E-state index in [-0.39, 0.29) is 12.3 Å². The molecule has 0 bridgehead atoms. The normalized spacial score (nSPS) is 10.1. The molecule has 2 aromatic heterocycles. The van der Waals surface area contributed by atoms with Gasteiger partial charge in [0, 0.05) is 23.1 Å². The van der Waals surface area contributed by atoms with Crippen LogP contribution in [0.15, 0.2) is 41.3 Å². The van der Waals surface area contributed by atoms with E-state index >= 15 is 0 Å². The maximum Gasteiger partial charge on any atom is 0.229 e. The number of carbonyl (C=O) groups is 1. The first-order chi connectivity index (χ1) is 8.65. The predicted octanol–water partition coefficient (Wildman–Crippen LogP) is 3.07. The van der Waals surface area contributed by atoms with Crippen LogP contribution < -0.4 is 5.32 Å². The number of hydrogen-bond acceptors (Lipinski definition) is 3. The fourth-order valence-electron chi connectivity index (χ4n) is 1.36. The molecule has 2 rings (SSSR count). The van der Waals surface area contributed by atoms with Crippen LogP contribution in [0.1, 0.15) is 5.56 Å². The highest BCUT2D eigenvalue weighted by Crippen LogP contribution is 2.23. The molecule has 2 aromatic rings. The van der Waals surface area contributed by atoms with Gasteiger partial charge in [-0.3, -0.25) is 9.78 Å². The van der Waals surface area contributed by atoms with Gasteiger partial charge in [0.25, 0.3) is 0 Å². The summed E-state index contributed by atoms with van der Waals surface area (Å²) in [5.74, 6) is 0.327. The monoisotopic (exact) mass is 325 g/mol. The van der Waals surface area contributed by atoms with E-state index in [9.17, 15) is 4.79 Å². The first kappa shape index (κ1) is 13.0. The Hall–Kier alpha value is -1.46. The maximum atomic E-state index is 11.8. The Bertz CT molecular complexity index is 563. The summed E-state index contributed by atoms with van der Waals surface area (Å²) in [7, 11) is 0. The molecule has 0 spiro atoms. The van der Waals surface area contributed by atoms with Gasteiger partial charge in [-0.1, -0.05) is 11.6 Å². The van der Waals surface area contributed by atoms with Crippen molar-refractivity contribution in [2.75, 3.05) is 5.32 Å². The highest BCUT2D eigenvalue weighted by Gasteiger charge is 2.06. The van der Waals surface area contributed by atoms with Gasteiger partial charge in [-0.15, -0.1) is 0 Å². The molecule has 0 saturated heterocycles. The van der Waals surface area contributed by atoms with Crippen LogP contribution in [-0.4, -0.2) is 15.9 Å². The molecule has 1 N–H and O–H groups in total. The topological polar surface area (TPSA) is 54.9 Å². The van der Waals surface area contributed by atoms with E-state index in [1.165, 1.54) is 6.20 Å². The Balaban J connectivity index is 2.01. The van der Waals surface area contributed by atoms with Crippen molar-refractivity contribution in [3.63, 3.8) is 0 Å². The molecule has 0 atom stereocenters. The molecule has 1 amide bonds. The third-order valence-corrected chi connectivity index (χ3v) is 3.38. The molecular formula is C12H9BrClN3O. The molecule has 0 aliphatic rings. The van der Waals surface area contributed by atoms with Gasteiger partial charge in [-0.05, 0) is 39.7 Å². The van der Waals surface area contributed by atoms with Gasteiger partial charge in [-0.25, -0.2) is 4.98 Å². The first-order valence-electron chi connectivity index (χ1n) is 5.15. The Kier molecular flexibility index (Phi) is 4.28. The van der Waals surface area contributed by atoms with Gasteiger partial charge in [0.1, 0.15) is 5.82 Å². The highest BCUT2D eigenvalue weighted by atomic mass is 79.9. The van der Waals surface area contributed by atoms with E-state index in [0.29, 0.717) is 15.3 Å². The van der Waals surface area contributed by atoms with Crippen LogP contribution in [0.4, 0.5) is 5.82 Å². The van der Waals surface area contributed by atoms with Crippen molar-refractivity contribution in [1.82, 2.24) is 9.97 Å². The van der Waals surface area contributed by atoms with Crippen molar-refractivity contribution >= 4 is 39.3 Å². The molecule has 2 heterocycles. The first-order valence-corrected chi connectivity index (χ1v) is 6.32. The lowest BCUT2D eigenvalue weighted by molar-refractivity contribution is -0.115. The lowest BCUT2D eigenvalue weighted by atomic mass is 10.2. The summed E-state index contributed by atoms with van der Waals surface area (Å²) in [4.78, 5) is 19.7. The second-order valence-corrected chi connectivity index (χ2v) is 4.83. The van der Waals surface area contributed by atoms with Crippen molar-refractivity contribution in [3.8, 4) is 0 Å². The minimum absolute atomic E-state index is 0.136. The molecule has 0 aliphatic carbocycles. The van der Waals surface area contributed by atoms with Gasteiger partial charge < -0.3 is 5.32 Å². The Morgan fingerprint density at radius 3 is 2.78 bits per heavy atom. The van der Waals surface area contributed by atoms with Crippen molar-refractivity contribution in [1.29, 1.82) is 0 Å². The SMILES string of the molecule is O=C(Cc1ccncc1)Nc1cc(Br)c(Cl)cn1. The van der Waals surface area contributed by atoms with Crippen LogP contribution in [0.5, 0.6) is 0 Å². The molecule has 0 aromatic carbocycles. The van der Waals surface area contributed by atoms with Crippen LogP contribution in [0.3, 0.4) is 0 Å². The second-order valence-electron chi connectivity index (χ2n) is 3.56. The summed E-state index contributed by atoms with van der Waals surface area (Å²) in [6, 6.07) is 5.25. The van der Waals surface area contributed by atoms with Gasteiger partial charge in [0.2, 0.25) is 5.91 Å². The van der Waals surface area contributed by atoms with Gasteiger partial charge >= 0.3 is 0 Å². The number of nitrogens with one attached hydrogen (secondary N) is 1. The van der Waals surface area contributed by atoms with Crippen LogP contribution in [0.25, 0.3) is 0 Å². The Morgan fingerprint density at radius 1 is 1.39 bits per heavy atom. The average molecular weight is 327 g/mol. The number of aromatic nitrogens is 2. The largest absolute Gasteiger partial charge is 0.310 e. The van der Waals surface area contributed by atoms with Crippen LogP contribution in [0.2, 0.25) is 5.02 Å². The molecule has 0 saturated carbocycles. The molecule has 18 heavy (non-hydrogen) atoms. The lowest BCUT2D eigenvalue weighted by Crippen LogP contribution is -2.15. The van der Waals surface area contributed by atoms with Gasteiger partial charge in [0.05, 0.1) is 11.4 Å². The molecule has 4 nitrogen and oxygen atoms in total. The smallest absolute Gasteiger partial charge is 0.229 e. The summed E-state index contributed by atoms with van der Waals surface area (Å²) in [5, 5.41) is 3.20. The van der Waals surface area contributed by atoms with E-state index in [2.05, 4.69) is 31.2 Å². The van der Waals surface area contributed by atoms with Crippen molar-refractivity contribution in [2.24, 2.45) is 0 Å². The number of hydrogen-bond donors (Lipinski definition) is 1. The fraction of sp³-hybridized carbons (Fsp3) is 0.0833. The summed E-state index contributed by atoms with van der Waals surface area (Å²) < 4.78 is 0.693. The molecule has 0 radical (unpaired) electrons. The van der Waals surface area contributed by atoms with Crippen molar-refractivity contribution in [3.05, 3.63) is 51.8 Å². The molecule has 0 unspecified atom stereocenters. The van der Waals surface area contributed by atoms with E-state index in [4.69, 9.17) is 11.6 Å². The molecular weight excluding hydrogens is 318 g/mol. The minimum Gasteiger partial charge on any atom is -0.310 e. The number of rotatable bonds is 3. The standard InChI is InChI=1S/C12H9BrClN3O/c13-9-6-11(16-7-10(9)14)17-12(18)5-8-1-3-15-4-2-8/h1-4,6-7H,5H2,(H,16,17,18). The third kappa shape index (κ3) is 3.51. The third-order valence-electron chi connectivity index (χ3n) is 2.19. The zero-order valence-electron chi connectivity index (χ0n) is 9.23. The highest BCUT2D eigenvalue weighted by molar-refractivity contribution is 9.10. The number of amides is 1. The summed E-state index contributed by atoms with van der Waals surface area (Å²) in [5.41, 5.74) is 0.899. The number of anilines is 1.